The molecular formula is C4H7O2S. The molecular weight excluding hydrogens is 112 g/mol. The summed E-state index contributed by atoms with van der Waals surface area (Å²) in [6, 6.07) is 0. The highest BCUT2D eigenvalue weighted by molar-refractivity contribution is 8.12. The zero-order chi connectivity index (χ0) is 5.86. The highest BCUT2D eigenvalue weighted by atomic mass is 32.1. The van der Waals surface area contributed by atoms with Crippen LogP contribution in [0.3, 0.4) is 0 Å². The van der Waals surface area contributed by atoms with Crippen molar-refractivity contribution in [3.63, 3.8) is 0 Å². The third-order valence-electron chi connectivity index (χ3n) is 0.291. The summed E-state index contributed by atoms with van der Waals surface area (Å²) in [5, 5.41) is 8.40. The lowest BCUT2D eigenvalue weighted by Crippen LogP contribution is -1.84. The largest absolute Gasteiger partial charge is 0.355 e. The molecule has 0 aromatic carbocycles. The van der Waals surface area contributed by atoms with Crippen LogP contribution in [0.1, 0.15) is 13.8 Å². The summed E-state index contributed by atoms with van der Waals surface area (Å²) in [4.78, 5) is 10.0. The van der Waals surface area contributed by atoms with Gasteiger partial charge in [-0.15, -0.1) is 0 Å². The van der Waals surface area contributed by atoms with Crippen LogP contribution in [0.2, 0.25) is 0 Å². The van der Waals surface area contributed by atoms with Gasteiger partial charge in [-0.05, 0) is 6.92 Å². The summed E-state index contributed by atoms with van der Waals surface area (Å²) in [7, 11) is 0. The Morgan fingerprint density at radius 2 is 2.00 bits per heavy atom. The van der Waals surface area contributed by atoms with Crippen LogP contribution < -0.4 is 0 Å². The van der Waals surface area contributed by atoms with Gasteiger partial charge in [0.05, 0.1) is 0 Å². The molecule has 0 aliphatic rings. The zero-order valence-corrected chi connectivity index (χ0v) is 5.08. The van der Waals surface area contributed by atoms with Gasteiger partial charge in [0.2, 0.25) is 5.12 Å². The van der Waals surface area contributed by atoms with E-state index in [1.165, 1.54) is 13.8 Å². The molecule has 0 amide bonds. The van der Waals surface area contributed by atoms with Gasteiger partial charge in [0, 0.05) is 6.92 Å². The van der Waals surface area contributed by atoms with Gasteiger partial charge in [-0.2, -0.15) is 0 Å². The van der Waals surface area contributed by atoms with E-state index in [-0.39, 0.29) is 10.2 Å². The molecule has 3 heteroatoms. The standard InChI is InChI=1S/C4H7O2S/c1-3(5)7-4(2)6/h5H,1-2H3. The van der Waals surface area contributed by atoms with E-state index in [9.17, 15) is 4.79 Å². The van der Waals surface area contributed by atoms with Gasteiger partial charge >= 0.3 is 0 Å². The number of hydrogen-bond donors (Lipinski definition) is 1. The highest BCUT2D eigenvalue weighted by Gasteiger charge is 1.83. The van der Waals surface area contributed by atoms with Gasteiger partial charge in [0.15, 0.2) is 0 Å². The number of carbonyl (C=O) groups excluding carboxylic acids is 1. The second kappa shape index (κ2) is 2.82. The van der Waals surface area contributed by atoms with E-state index in [0.29, 0.717) is 0 Å². The number of carbonyl (C=O) groups is 1. The van der Waals surface area contributed by atoms with Crippen molar-refractivity contribution < 1.29 is 9.90 Å². The Labute approximate surface area is 46.1 Å². The van der Waals surface area contributed by atoms with Gasteiger partial charge in [0.25, 0.3) is 0 Å². The highest BCUT2D eigenvalue weighted by Crippen LogP contribution is 1.87. The Hall–Kier alpha value is -0.280. The molecule has 0 spiro atoms. The molecule has 0 heterocycles. The molecule has 41 valence electrons. The van der Waals surface area contributed by atoms with Crippen LogP contribution in [0.25, 0.3) is 0 Å². The Kier molecular flexibility index (Phi) is 2.71. The summed E-state index contributed by atoms with van der Waals surface area (Å²) >= 11 is 0.843. The maximum atomic E-state index is 10.0. The first-order chi connectivity index (χ1) is 3.13. The molecule has 7 heavy (non-hydrogen) atoms. The van der Waals surface area contributed by atoms with Crippen LogP contribution in [0.15, 0.2) is 0 Å². The van der Waals surface area contributed by atoms with Crippen molar-refractivity contribution in [1.82, 2.24) is 0 Å². The van der Waals surface area contributed by atoms with E-state index < -0.39 is 0 Å². The van der Waals surface area contributed by atoms with Gasteiger partial charge < -0.3 is 5.11 Å². The van der Waals surface area contributed by atoms with Gasteiger partial charge in [-0.25, -0.2) is 0 Å². The lowest BCUT2D eigenvalue weighted by atomic mass is 10.9. The van der Waals surface area contributed by atoms with Crippen molar-refractivity contribution in [2.75, 3.05) is 0 Å². The molecule has 0 aromatic rings. The molecule has 0 aliphatic carbocycles. The minimum atomic E-state index is -0.0833. The van der Waals surface area contributed by atoms with Crippen LogP contribution in [0, 0.1) is 0 Å². The minimum absolute atomic E-state index is 0.0833. The van der Waals surface area contributed by atoms with Crippen molar-refractivity contribution in [3.8, 4) is 0 Å². The quantitative estimate of drug-likeness (QED) is 0.482. The summed E-state index contributed by atoms with van der Waals surface area (Å²) in [6.07, 6.45) is 0. The SMILES string of the molecule is CC(=O)[S]=C(C)O. The van der Waals surface area contributed by atoms with E-state index in [2.05, 4.69) is 0 Å². The van der Waals surface area contributed by atoms with E-state index in [1.54, 1.807) is 0 Å². The molecule has 0 saturated heterocycles. The van der Waals surface area contributed by atoms with E-state index in [1.807, 2.05) is 0 Å². The van der Waals surface area contributed by atoms with Crippen molar-refractivity contribution in [2.45, 2.75) is 13.8 Å². The van der Waals surface area contributed by atoms with Crippen LogP contribution in [0.4, 0.5) is 0 Å². The second-order valence-electron chi connectivity index (χ2n) is 1.11. The predicted octanol–water partition coefficient (Wildman–Crippen LogP) is 0.974. The van der Waals surface area contributed by atoms with Crippen LogP contribution >= 0.6 is 11.4 Å². The Balaban J connectivity index is 3.68. The Morgan fingerprint density at radius 1 is 1.57 bits per heavy atom. The first-order valence-electron chi connectivity index (χ1n) is 1.84. The Morgan fingerprint density at radius 3 is 2.00 bits per heavy atom. The van der Waals surface area contributed by atoms with E-state index in [4.69, 9.17) is 5.11 Å². The maximum Gasteiger partial charge on any atom is 0.207 e. The number of aliphatic hydroxyl groups is 1. The monoisotopic (exact) mass is 119 g/mol. The summed E-state index contributed by atoms with van der Waals surface area (Å²) in [5.41, 5.74) is 0. The van der Waals surface area contributed by atoms with Crippen molar-refractivity contribution in [3.05, 3.63) is 0 Å². The molecule has 1 N–H and O–H groups in total. The predicted molar refractivity (Wildman–Crippen MR) is 31.6 cm³/mol. The smallest absolute Gasteiger partial charge is 0.207 e. The first-order valence-corrected chi connectivity index (χ1v) is 2.65. The van der Waals surface area contributed by atoms with Gasteiger partial charge in [0.1, 0.15) is 5.05 Å². The fraction of sp³-hybridized carbons (Fsp3) is 0.500. The lowest BCUT2D eigenvalue weighted by Gasteiger charge is -1.78. The fourth-order valence-corrected chi connectivity index (χ4v) is 0.624. The molecule has 0 aliphatic heterocycles. The third-order valence-corrected chi connectivity index (χ3v) is 0.874. The third kappa shape index (κ3) is 5.72. The molecule has 0 atom stereocenters. The van der Waals surface area contributed by atoms with E-state index in [0.717, 1.165) is 11.4 Å². The fourth-order valence-electron chi connectivity index (χ4n) is 0.208. The van der Waals surface area contributed by atoms with Crippen molar-refractivity contribution >= 4 is 21.5 Å². The van der Waals surface area contributed by atoms with Crippen LogP contribution in [-0.2, 0) is 4.79 Å². The minimum Gasteiger partial charge on any atom is -0.355 e. The molecule has 0 aromatic heterocycles. The van der Waals surface area contributed by atoms with Gasteiger partial charge in [-0.1, -0.05) is 11.4 Å². The summed E-state index contributed by atoms with van der Waals surface area (Å²) < 4.78 is 0. The zero-order valence-electron chi connectivity index (χ0n) is 4.26. The second-order valence-corrected chi connectivity index (χ2v) is 2.48. The first kappa shape index (κ1) is 6.72. The van der Waals surface area contributed by atoms with Crippen molar-refractivity contribution in [2.24, 2.45) is 0 Å². The van der Waals surface area contributed by atoms with E-state index >= 15 is 0 Å². The lowest BCUT2D eigenvalue weighted by molar-refractivity contribution is -0.109. The van der Waals surface area contributed by atoms with Crippen LogP contribution in [0.5, 0.6) is 0 Å². The number of hydrogen-bond acceptors (Lipinski definition) is 1. The normalized spacial score (nSPS) is 11.6. The average molecular weight is 119 g/mol. The van der Waals surface area contributed by atoms with Crippen molar-refractivity contribution in [1.29, 1.82) is 0 Å². The molecule has 1 radical (unpaired) electrons. The summed E-state index contributed by atoms with van der Waals surface area (Å²) in [6.45, 7) is 2.89. The molecule has 2 nitrogen and oxygen atoms in total. The summed E-state index contributed by atoms with van der Waals surface area (Å²) in [5.74, 6) is 0. The molecule has 0 fully saturated rings. The average Bonchev–Trinajstić information content (AvgIpc) is 1.27. The topological polar surface area (TPSA) is 37.3 Å². The Bertz CT molecular complexity index is 102. The molecule has 0 rings (SSSR count). The maximum absolute atomic E-state index is 10.0. The number of rotatable bonds is 0. The molecule has 0 unspecified atom stereocenters. The molecule has 0 bridgehead atoms. The number of aliphatic hydroxyl groups excluding tert-OH is 1. The van der Waals surface area contributed by atoms with Crippen LogP contribution in [-0.4, -0.2) is 15.3 Å². The molecule has 0 saturated carbocycles. The van der Waals surface area contributed by atoms with Gasteiger partial charge in [-0.3, -0.25) is 4.79 Å².